The molecule has 0 spiro atoms. The van der Waals surface area contributed by atoms with Gasteiger partial charge in [-0.25, -0.2) is 0 Å². The van der Waals surface area contributed by atoms with Crippen molar-refractivity contribution in [2.75, 3.05) is 12.3 Å². The van der Waals surface area contributed by atoms with Crippen LogP contribution < -0.4 is 5.32 Å². The summed E-state index contributed by atoms with van der Waals surface area (Å²) in [4.78, 5) is 11.8. The van der Waals surface area contributed by atoms with Crippen LogP contribution in [0.3, 0.4) is 0 Å². The second-order valence-corrected chi connectivity index (χ2v) is 6.79. The molecule has 1 aromatic carbocycles. The van der Waals surface area contributed by atoms with Crippen molar-refractivity contribution in [3.63, 3.8) is 0 Å². The molecule has 2 rings (SSSR count). The molecular weight excluding hydrogens is 290 g/mol. The van der Waals surface area contributed by atoms with Gasteiger partial charge in [0.05, 0.1) is 5.75 Å². The lowest BCUT2D eigenvalue weighted by Gasteiger charge is -2.21. The van der Waals surface area contributed by atoms with E-state index in [0.717, 1.165) is 22.9 Å². The third-order valence-corrected chi connectivity index (χ3v) is 5.11. The van der Waals surface area contributed by atoms with E-state index in [1.165, 1.54) is 32.1 Å². The zero-order chi connectivity index (χ0) is 14.2. The van der Waals surface area contributed by atoms with Crippen LogP contribution in [0.2, 0.25) is 5.02 Å². The molecule has 20 heavy (non-hydrogen) atoms. The molecule has 1 aliphatic carbocycles. The summed E-state index contributed by atoms with van der Waals surface area (Å²) >= 11 is 7.71. The molecule has 1 saturated carbocycles. The Balaban J connectivity index is 1.61. The number of thioether (sulfide) groups is 1. The fourth-order valence-corrected chi connectivity index (χ4v) is 3.71. The second kappa shape index (κ2) is 8.58. The molecule has 1 aromatic rings. The molecule has 0 aliphatic heterocycles. The minimum Gasteiger partial charge on any atom is -0.355 e. The quantitative estimate of drug-likeness (QED) is 0.850. The summed E-state index contributed by atoms with van der Waals surface area (Å²) in [5.41, 5.74) is 1.10. The lowest BCUT2D eigenvalue weighted by atomic mass is 9.89. The lowest BCUT2D eigenvalue weighted by Crippen LogP contribution is -2.31. The Hall–Kier alpha value is -0.670. The summed E-state index contributed by atoms with van der Waals surface area (Å²) in [5, 5.41) is 3.84. The van der Waals surface area contributed by atoms with Crippen LogP contribution in [0.15, 0.2) is 24.3 Å². The molecule has 0 bridgehead atoms. The molecule has 0 heterocycles. The first kappa shape index (κ1) is 15.7. The SMILES string of the molecule is O=C(CSCc1ccccc1Cl)NCC1CCCCC1. The number of carbonyl (C=O) groups excluding carboxylic acids is 1. The van der Waals surface area contributed by atoms with Gasteiger partial charge < -0.3 is 5.32 Å². The Morgan fingerprint density at radius 3 is 2.75 bits per heavy atom. The van der Waals surface area contributed by atoms with Crippen molar-refractivity contribution in [1.29, 1.82) is 0 Å². The van der Waals surface area contributed by atoms with Crippen molar-refractivity contribution in [3.8, 4) is 0 Å². The van der Waals surface area contributed by atoms with Gasteiger partial charge in [-0.15, -0.1) is 11.8 Å². The van der Waals surface area contributed by atoms with Crippen molar-refractivity contribution < 1.29 is 4.79 Å². The van der Waals surface area contributed by atoms with E-state index in [4.69, 9.17) is 11.6 Å². The molecule has 1 fully saturated rings. The second-order valence-electron chi connectivity index (χ2n) is 5.39. The Morgan fingerprint density at radius 2 is 2.00 bits per heavy atom. The molecule has 0 saturated heterocycles. The molecule has 0 aromatic heterocycles. The van der Waals surface area contributed by atoms with Gasteiger partial charge >= 0.3 is 0 Å². The number of carbonyl (C=O) groups is 1. The predicted molar refractivity (Wildman–Crippen MR) is 87.2 cm³/mol. The van der Waals surface area contributed by atoms with E-state index in [1.54, 1.807) is 11.8 Å². The Labute approximate surface area is 130 Å². The third-order valence-electron chi connectivity index (χ3n) is 3.76. The van der Waals surface area contributed by atoms with Crippen LogP contribution in [-0.4, -0.2) is 18.2 Å². The first-order chi connectivity index (χ1) is 9.75. The first-order valence-electron chi connectivity index (χ1n) is 7.33. The van der Waals surface area contributed by atoms with Gasteiger partial charge in [-0.05, 0) is 30.4 Å². The van der Waals surface area contributed by atoms with E-state index >= 15 is 0 Å². The fraction of sp³-hybridized carbons (Fsp3) is 0.562. The Kier molecular flexibility index (Phi) is 6.74. The van der Waals surface area contributed by atoms with Gasteiger partial charge in [-0.2, -0.15) is 0 Å². The summed E-state index contributed by atoms with van der Waals surface area (Å²) < 4.78 is 0. The van der Waals surface area contributed by atoms with Gasteiger partial charge in [0.2, 0.25) is 5.91 Å². The maximum Gasteiger partial charge on any atom is 0.230 e. The van der Waals surface area contributed by atoms with Gasteiger partial charge in [0.25, 0.3) is 0 Å². The summed E-state index contributed by atoms with van der Waals surface area (Å²) in [6, 6.07) is 7.80. The average Bonchev–Trinajstić information content (AvgIpc) is 2.48. The number of amides is 1. The number of halogens is 1. The van der Waals surface area contributed by atoms with Crippen LogP contribution in [-0.2, 0) is 10.5 Å². The van der Waals surface area contributed by atoms with E-state index in [1.807, 2.05) is 24.3 Å². The minimum atomic E-state index is 0.146. The maximum atomic E-state index is 11.8. The summed E-state index contributed by atoms with van der Waals surface area (Å²) in [7, 11) is 0. The largest absolute Gasteiger partial charge is 0.355 e. The molecule has 0 unspecified atom stereocenters. The molecule has 0 radical (unpaired) electrons. The van der Waals surface area contributed by atoms with Crippen molar-refractivity contribution >= 4 is 29.3 Å². The molecule has 2 nitrogen and oxygen atoms in total. The van der Waals surface area contributed by atoms with Gasteiger partial charge in [0.15, 0.2) is 0 Å². The highest BCUT2D eigenvalue weighted by Crippen LogP contribution is 2.23. The number of hydrogen-bond acceptors (Lipinski definition) is 2. The molecule has 110 valence electrons. The summed E-state index contributed by atoms with van der Waals surface area (Å²) in [5.74, 6) is 2.14. The zero-order valence-electron chi connectivity index (χ0n) is 11.7. The smallest absolute Gasteiger partial charge is 0.230 e. The van der Waals surface area contributed by atoms with Crippen LogP contribution in [0.5, 0.6) is 0 Å². The Morgan fingerprint density at radius 1 is 1.25 bits per heavy atom. The van der Waals surface area contributed by atoms with Gasteiger partial charge in [-0.3, -0.25) is 4.79 Å². The topological polar surface area (TPSA) is 29.1 Å². The van der Waals surface area contributed by atoms with Gasteiger partial charge in [0, 0.05) is 17.3 Å². The number of nitrogens with one attached hydrogen (secondary N) is 1. The van der Waals surface area contributed by atoms with E-state index < -0.39 is 0 Å². The van der Waals surface area contributed by atoms with Crippen LogP contribution in [0.4, 0.5) is 0 Å². The highest BCUT2D eigenvalue weighted by Gasteiger charge is 2.14. The molecule has 4 heteroatoms. The van der Waals surface area contributed by atoms with Crippen molar-refractivity contribution in [2.45, 2.75) is 37.9 Å². The van der Waals surface area contributed by atoms with Crippen LogP contribution in [0, 0.1) is 5.92 Å². The molecular formula is C16H22ClNOS. The molecule has 1 N–H and O–H groups in total. The minimum absolute atomic E-state index is 0.146. The zero-order valence-corrected chi connectivity index (χ0v) is 13.3. The van der Waals surface area contributed by atoms with Gasteiger partial charge in [-0.1, -0.05) is 49.1 Å². The normalized spacial score (nSPS) is 16.1. The number of hydrogen-bond donors (Lipinski definition) is 1. The predicted octanol–water partition coefficient (Wildman–Crippen LogP) is 4.27. The monoisotopic (exact) mass is 311 g/mol. The van der Waals surface area contributed by atoms with Crippen LogP contribution in [0.1, 0.15) is 37.7 Å². The maximum absolute atomic E-state index is 11.8. The fourth-order valence-electron chi connectivity index (χ4n) is 2.57. The van der Waals surface area contributed by atoms with Crippen LogP contribution >= 0.6 is 23.4 Å². The highest BCUT2D eigenvalue weighted by atomic mass is 35.5. The van der Waals surface area contributed by atoms with Crippen LogP contribution in [0.25, 0.3) is 0 Å². The first-order valence-corrected chi connectivity index (χ1v) is 8.87. The third kappa shape index (κ3) is 5.37. The summed E-state index contributed by atoms with van der Waals surface area (Å²) in [6.45, 7) is 0.853. The Bertz CT molecular complexity index is 432. The molecule has 0 atom stereocenters. The molecule has 1 amide bonds. The number of benzene rings is 1. The molecule has 1 aliphatic rings. The number of rotatable bonds is 6. The van der Waals surface area contributed by atoms with Crippen molar-refractivity contribution in [2.24, 2.45) is 5.92 Å². The van der Waals surface area contributed by atoms with E-state index in [9.17, 15) is 4.79 Å². The highest BCUT2D eigenvalue weighted by molar-refractivity contribution is 7.99. The summed E-state index contributed by atoms with van der Waals surface area (Å²) in [6.07, 6.45) is 6.54. The van der Waals surface area contributed by atoms with Crippen molar-refractivity contribution in [3.05, 3.63) is 34.9 Å². The average molecular weight is 312 g/mol. The van der Waals surface area contributed by atoms with Crippen molar-refractivity contribution in [1.82, 2.24) is 5.32 Å². The van der Waals surface area contributed by atoms with E-state index in [2.05, 4.69) is 5.32 Å². The standard InChI is InChI=1S/C16H22ClNOS/c17-15-9-5-4-8-14(15)11-20-12-16(19)18-10-13-6-2-1-3-7-13/h4-5,8-9,13H,1-3,6-7,10-12H2,(H,18,19). The van der Waals surface area contributed by atoms with Gasteiger partial charge in [0.1, 0.15) is 0 Å². The lowest BCUT2D eigenvalue weighted by molar-refractivity contribution is -0.118. The van der Waals surface area contributed by atoms with E-state index in [-0.39, 0.29) is 5.91 Å². The van der Waals surface area contributed by atoms with E-state index in [0.29, 0.717) is 11.7 Å².